The highest BCUT2D eigenvalue weighted by Crippen LogP contribution is 2.36. The lowest BCUT2D eigenvalue weighted by molar-refractivity contribution is 0.683. The van der Waals surface area contributed by atoms with Crippen LogP contribution in [0.25, 0.3) is 0 Å². The van der Waals surface area contributed by atoms with Crippen LogP contribution in [0.1, 0.15) is 38.2 Å². The number of hydrogen-bond donors (Lipinski definition) is 1. The van der Waals surface area contributed by atoms with Crippen molar-refractivity contribution in [2.24, 2.45) is 0 Å². The van der Waals surface area contributed by atoms with Gasteiger partial charge in [-0.3, -0.25) is 0 Å². The molecular weight excluding hydrogens is 244 g/mol. The zero-order chi connectivity index (χ0) is 12.5. The van der Waals surface area contributed by atoms with E-state index in [4.69, 9.17) is 11.6 Å². The molecule has 0 aliphatic heterocycles. The smallest absolute Gasteiger partial charge is 0.0471 e. The van der Waals surface area contributed by atoms with Crippen molar-refractivity contribution in [3.63, 3.8) is 0 Å². The maximum absolute atomic E-state index is 6.39. The molecule has 3 rings (SSSR count). The Labute approximate surface area is 114 Å². The van der Waals surface area contributed by atoms with E-state index in [9.17, 15) is 0 Å². The number of nitrogens with zero attached hydrogens (tertiary/aromatic N) is 1. The normalized spacial score (nSPS) is 19.0. The first-order chi connectivity index (χ1) is 8.79. The molecule has 2 aliphatic carbocycles. The van der Waals surface area contributed by atoms with Crippen molar-refractivity contribution in [3.8, 4) is 0 Å². The van der Waals surface area contributed by atoms with Crippen molar-refractivity contribution >= 4 is 17.3 Å². The van der Waals surface area contributed by atoms with Gasteiger partial charge >= 0.3 is 0 Å². The second-order valence-electron chi connectivity index (χ2n) is 5.41. The second-order valence-corrected chi connectivity index (χ2v) is 5.82. The van der Waals surface area contributed by atoms with Crippen LogP contribution in [0, 0.1) is 0 Å². The molecule has 0 saturated heterocycles. The van der Waals surface area contributed by atoms with E-state index in [0.29, 0.717) is 0 Å². The Bertz CT molecular complexity index is 425. The molecule has 2 fully saturated rings. The summed E-state index contributed by atoms with van der Waals surface area (Å²) >= 11 is 6.39. The minimum absolute atomic E-state index is 0.727. The second kappa shape index (κ2) is 5.10. The molecule has 0 bridgehead atoms. The summed E-state index contributed by atoms with van der Waals surface area (Å²) in [5.74, 6) is 0. The first kappa shape index (κ1) is 12.3. The highest BCUT2D eigenvalue weighted by atomic mass is 35.5. The number of rotatable bonds is 6. The summed E-state index contributed by atoms with van der Waals surface area (Å²) in [6.45, 7) is 4.21. The average Bonchev–Trinajstić information content (AvgIpc) is 3.23. The largest absolute Gasteiger partial charge is 0.369 e. The molecule has 1 aromatic rings. The Kier molecular flexibility index (Phi) is 3.49. The van der Waals surface area contributed by atoms with Crippen molar-refractivity contribution in [1.82, 2.24) is 5.32 Å². The molecule has 0 aromatic heterocycles. The van der Waals surface area contributed by atoms with E-state index in [2.05, 4.69) is 29.3 Å². The number of benzene rings is 1. The first-order valence-corrected chi connectivity index (χ1v) is 7.44. The van der Waals surface area contributed by atoms with Gasteiger partial charge in [-0.2, -0.15) is 0 Å². The molecule has 1 N–H and O–H groups in total. The van der Waals surface area contributed by atoms with Crippen LogP contribution < -0.4 is 10.2 Å². The van der Waals surface area contributed by atoms with E-state index in [1.807, 2.05) is 6.07 Å². The zero-order valence-electron chi connectivity index (χ0n) is 11.0. The van der Waals surface area contributed by atoms with Crippen molar-refractivity contribution in [3.05, 3.63) is 28.8 Å². The van der Waals surface area contributed by atoms with Gasteiger partial charge in [0.1, 0.15) is 0 Å². The summed E-state index contributed by atoms with van der Waals surface area (Å²) in [7, 11) is 0. The van der Waals surface area contributed by atoms with E-state index in [-0.39, 0.29) is 0 Å². The Hall–Kier alpha value is -0.730. The standard InChI is InChI=1S/C15H21ClN2/c1-2-18(12-8-9-12)15-5-3-4-14(16)13(15)10-17-11-6-7-11/h3-5,11-12,17H,2,6-10H2,1H3. The summed E-state index contributed by atoms with van der Waals surface area (Å²) in [6.07, 6.45) is 5.30. The van der Waals surface area contributed by atoms with Crippen LogP contribution in [0.4, 0.5) is 5.69 Å². The quantitative estimate of drug-likeness (QED) is 0.845. The highest BCUT2D eigenvalue weighted by molar-refractivity contribution is 6.31. The van der Waals surface area contributed by atoms with Crippen LogP contribution in [0.15, 0.2) is 18.2 Å². The third-order valence-electron chi connectivity index (χ3n) is 3.88. The van der Waals surface area contributed by atoms with Crippen LogP contribution in [-0.4, -0.2) is 18.6 Å². The van der Waals surface area contributed by atoms with E-state index in [1.54, 1.807) is 0 Å². The van der Waals surface area contributed by atoms with Crippen molar-refractivity contribution in [2.75, 3.05) is 11.4 Å². The zero-order valence-corrected chi connectivity index (χ0v) is 11.7. The lowest BCUT2D eigenvalue weighted by Crippen LogP contribution is -2.27. The molecule has 98 valence electrons. The third kappa shape index (κ3) is 2.65. The minimum atomic E-state index is 0.727. The summed E-state index contributed by atoms with van der Waals surface area (Å²) in [4.78, 5) is 2.51. The fourth-order valence-electron chi connectivity index (χ4n) is 2.54. The molecule has 0 heterocycles. The first-order valence-electron chi connectivity index (χ1n) is 7.07. The molecule has 0 amide bonds. The maximum Gasteiger partial charge on any atom is 0.0471 e. The van der Waals surface area contributed by atoms with Gasteiger partial charge in [-0.05, 0) is 44.7 Å². The molecule has 2 saturated carbocycles. The van der Waals surface area contributed by atoms with Crippen LogP contribution in [0.3, 0.4) is 0 Å². The molecule has 0 atom stereocenters. The summed E-state index contributed by atoms with van der Waals surface area (Å²) < 4.78 is 0. The maximum atomic E-state index is 6.39. The predicted octanol–water partition coefficient (Wildman–Crippen LogP) is 3.58. The fraction of sp³-hybridized carbons (Fsp3) is 0.600. The number of hydrogen-bond acceptors (Lipinski definition) is 2. The van der Waals surface area contributed by atoms with E-state index >= 15 is 0 Å². The Balaban J connectivity index is 1.83. The summed E-state index contributed by atoms with van der Waals surface area (Å²) in [5.41, 5.74) is 2.61. The van der Waals surface area contributed by atoms with Gasteiger partial charge < -0.3 is 10.2 Å². The summed E-state index contributed by atoms with van der Waals surface area (Å²) in [6, 6.07) is 7.77. The SMILES string of the molecule is CCN(c1cccc(Cl)c1CNC1CC1)C1CC1. The molecule has 2 nitrogen and oxygen atoms in total. The summed E-state index contributed by atoms with van der Waals surface area (Å²) in [5, 5.41) is 4.48. The third-order valence-corrected chi connectivity index (χ3v) is 4.23. The van der Waals surface area contributed by atoms with Crippen molar-refractivity contribution in [1.29, 1.82) is 0 Å². The van der Waals surface area contributed by atoms with Gasteiger partial charge in [0.15, 0.2) is 0 Å². The minimum Gasteiger partial charge on any atom is -0.369 e. The molecule has 0 spiro atoms. The monoisotopic (exact) mass is 264 g/mol. The van der Waals surface area contributed by atoms with Gasteiger partial charge in [-0.1, -0.05) is 17.7 Å². The molecule has 2 aliphatic rings. The number of halogens is 1. The van der Waals surface area contributed by atoms with Gasteiger partial charge in [0.25, 0.3) is 0 Å². The van der Waals surface area contributed by atoms with E-state index in [1.165, 1.54) is 36.9 Å². The van der Waals surface area contributed by atoms with E-state index < -0.39 is 0 Å². The number of nitrogens with one attached hydrogen (secondary N) is 1. The predicted molar refractivity (Wildman–Crippen MR) is 77.4 cm³/mol. The average molecular weight is 265 g/mol. The highest BCUT2D eigenvalue weighted by Gasteiger charge is 2.30. The van der Waals surface area contributed by atoms with Crippen LogP contribution in [0.2, 0.25) is 5.02 Å². The Morgan fingerprint density at radius 2 is 2.06 bits per heavy atom. The molecule has 3 heteroatoms. The molecule has 0 radical (unpaired) electrons. The molecular formula is C15H21ClN2. The molecule has 18 heavy (non-hydrogen) atoms. The van der Waals surface area contributed by atoms with Crippen molar-refractivity contribution in [2.45, 2.75) is 51.2 Å². The Morgan fingerprint density at radius 1 is 1.28 bits per heavy atom. The van der Waals surface area contributed by atoms with Gasteiger partial charge in [0.05, 0.1) is 0 Å². The van der Waals surface area contributed by atoms with Crippen molar-refractivity contribution < 1.29 is 0 Å². The number of anilines is 1. The van der Waals surface area contributed by atoms with E-state index in [0.717, 1.165) is 30.2 Å². The lowest BCUT2D eigenvalue weighted by Gasteiger charge is -2.26. The van der Waals surface area contributed by atoms with Gasteiger partial charge in [0.2, 0.25) is 0 Å². The van der Waals surface area contributed by atoms with Crippen LogP contribution in [-0.2, 0) is 6.54 Å². The Morgan fingerprint density at radius 3 is 2.67 bits per heavy atom. The molecule has 1 aromatic carbocycles. The fourth-order valence-corrected chi connectivity index (χ4v) is 2.77. The lowest BCUT2D eigenvalue weighted by atomic mass is 10.1. The van der Waals surface area contributed by atoms with Gasteiger partial charge in [-0.25, -0.2) is 0 Å². The van der Waals surface area contributed by atoms with Crippen LogP contribution in [0.5, 0.6) is 0 Å². The van der Waals surface area contributed by atoms with Crippen LogP contribution >= 0.6 is 11.6 Å². The van der Waals surface area contributed by atoms with Gasteiger partial charge in [-0.15, -0.1) is 0 Å². The topological polar surface area (TPSA) is 15.3 Å². The molecule has 0 unspecified atom stereocenters. The van der Waals surface area contributed by atoms with Gasteiger partial charge in [0, 0.05) is 41.4 Å².